The van der Waals surface area contributed by atoms with Gasteiger partial charge in [0.05, 0.1) is 6.10 Å². The number of hydrogen-bond acceptors (Lipinski definition) is 2. The van der Waals surface area contributed by atoms with Gasteiger partial charge in [-0.1, -0.05) is 0 Å². The van der Waals surface area contributed by atoms with E-state index < -0.39 is 6.17 Å². The number of fused-ring (bicyclic) bond motifs is 1. The number of hydrogen-bond donors (Lipinski definition) is 2. The van der Waals surface area contributed by atoms with E-state index in [1.807, 2.05) is 0 Å². The van der Waals surface area contributed by atoms with Gasteiger partial charge in [-0.25, -0.2) is 4.39 Å². The monoisotopic (exact) mass is 173 g/mol. The van der Waals surface area contributed by atoms with E-state index in [9.17, 15) is 9.50 Å². The molecule has 2 aliphatic rings. The van der Waals surface area contributed by atoms with Crippen molar-refractivity contribution in [1.29, 1.82) is 0 Å². The van der Waals surface area contributed by atoms with Crippen molar-refractivity contribution >= 4 is 0 Å². The van der Waals surface area contributed by atoms with E-state index in [-0.39, 0.29) is 18.1 Å². The molecule has 4 unspecified atom stereocenters. The van der Waals surface area contributed by atoms with Crippen molar-refractivity contribution in [2.24, 2.45) is 5.92 Å². The van der Waals surface area contributed by atoms with Gasteiger partial charge in [-0.2, -0.15) is 0 Å². The molecule has 4 atom stereocenters. The van der Waals surface area contributed by atoms with Crippen LogP contribution < -0.4 is 5.32 Å². The highest BCUT2D eigenvalue weighted by Crippen LogP contribution is 2.32. The lowest BCUT2D eigenvalue weighted by atomic mass is 9.76. The Morgan fingerprint density at radius 1 is 1.25 bits per heavy atom. The number of aliphatic hydroxyl groups excluding tert-OH is 1. The van der Waals surface area contributed by atoms with Crippen LogP contribution in [0.25, 0.3) is 0 Å². The molecule has 70 valence electrons. The minimum atomic E-state index is -0.689. The summed E-state index contributed by atoms with van der Waals surface area (Å²) in [6.45, 7) is 0.935. The van der Waals surface area contributed by atoms with E-state index >= 15 is 0 Å². The van der Waals surface area contributed by atoms with Gasteiger partial charge in [0.15, 0.2) is 0 Å². The lowest BCUT2D eigenvalue weighted by Gasteiger charge is -2.41. The summed E-state index contributed by atoms with van der Waals surface area (Å²) in [4.78, 5) is 0. The maximum absolute atomic E-state index is 13.3. The fourth-order valence-electron chi connectivity index (χ4n) is 2.49. The van der Waals surface area contributed by atoms with E-state index in [1.165, 1.54) is 0 Å². The van der Waals surface area contributed by atoms with E-state index in [2.05, 4.69) is 5.32 Å². The molecule has 0 aromatic heterocycles. The van der Waals surface area contributed by atoms with E-state index in [0.717, 1.165) is 19.4 Å². The second-order valence-corrected chi connectivity index (χ2v) is 3.95. The molecule has 2 fully saturated rings. The molecular formula is C9H16FNO. The van der Waals surface area contributed by atoms with Gasteiger partial charge in [-0.05, 0) is 32.2 Å². The average Bonchev–Trinajstić information content (AvgIpc) is 2.12. The maximum atomic E-state index is 13.3. The molecule has 0 aromatic rings. The van der Waals surface area contributed by atoms with Crippen LogP contribution in [0.3, 0.4) is 0 Å². The second kappa shape index (κ2) is 3.30. The molecule has 2 nitrogen and oxygen atoms in total. The van der Waals surface area contributed by atoms with Crippen LogP contribution in [0, 0.1) is 5.92 Å². The van der Waals surface area contributed by atoms with Crippen LogP contribution >= 0.6 is 0 Å². The summed E-state index contributed by atoms with van der Waals surface area (Å²) in [6.07, 6.45) is 2.15. The number of piperidine rings is 1. The molecule has 1 aliphatic carbocycles. The summed E-state index contributed by atoms with van der Waals surface area (Å²) >= 11 is 0. The molecule has 1 saturated carbocycles. The highest BCUT2D eigenvalue weighted by molar-refractivity contribution is 4.94. The molecule has 1 heterocycles. The first-order valence-electron chi connectivity index (χ1n) is 4.84. The quantitative estimate of drug-likeness (QED) is 0.569. The molecule has 0 bridgehead atoms. The van der Waals surface area contributed by atoms with Crippen molar-refractivity contribution in [3.63, 3.8) is 0 Å². The summed E-state index contributed by atoms with van der Waals surface area (Å²) in [5, 5.41) is 12.8. The van der Waals surface area contributed by atoms with E-state index in [4.69, 9.17) is 0 Å². The zero-order valence-corrected chi connectivity index (χ0v) is 7.17. The largest absolute Gasteiger partial charge is 0.391 e. The van der Waals surface area contributed by atoms with Crippen LogP contribution in [-0.4, -0.2) is 30.0 Å². The summed E-state index contributed by atoms with van der Waals surface area (Å²) in [7, 11) is 0. The predicted molar refractivity (Wildman–Crippen MR) is 44.7 cm³/mol. The Balaban J connectivity index is 2.05. The minimum Gasteiger partial charge on any atom is -0.391 e. The summed E-state index contributed by atoms with van der Waals surface area (Å²) in [6, 6.07) is 0.0301. The topological polar surface area (TPSA) is 32.3 Å². The number of alkyl halides is 1. The summed E-state index contributed by atoms with van der Waals surface area (Å²) < 4.78 is 13.3. The molecule has 0 amide bonds. The van der Waals surface area contributed by atoms with E-state index in [1.54, 1.807) is 0 Å². The normalized spacial score (nSPS) is 48.5. The first kappa shape index (κ1) is 8.45. The Hall–Kier alpha value is -0.150. The lowest BCUT2D eigenvalue weighted by molar-refractivity contribution is -0.00181. The fourth-order valence-corrected chi connectivity index (χ4v) is 2.49. The third-order valence-corrected chi connectivity index (χ3v) is 3.17. The van der Waals surface area contributed by atoms with Gasteiger partial charge in [0.1, 0.15) is 6.17 Å². The van der Waals surface area contributed by atoms with E-state index in [0.29, 0.717) is 12.8 Å². The van der Waals surface area contributed by atoms with Gasteiger partial charge in [-0.15, -0.1) is 0 Å². The summed E-state index contributed by atoms with van der Waals surface area (Å²) in [5.41, 5.74) is 0. The smallest absolute Gasteiger partial charge is 0.105 e. The molecule has 1 saturated heterocycles. The third-order valence-electron chi connectivity index (χ3n) is 3.17. The van der Waals surface area contributed by atoms with Crippen LogP contribution in [0.5, 0.6) is 0 Å². The maximum Gasteiger partial charge on any atom is 0.105 e. The van der Waals surface area contributed by atoms with Crippen LogP contribution in [0.1, 0.15) is 25.7 Å². The number of halogens is 1. The van der Waals surface area contributed by atoms with Gasteiger partial charge in [0.25, 0.3) is 0 Å². The predicted octanol–water partition coefficient (Wildman–Crippen LogP) is 0.847. The second-order valence-electron chi connectivity index (χ2n) is 3.95. The first-order valence-corrected chi connectivity index (χ1v) is 4.84. The minimum absolute atomic E-state index is 0.0301. The SMILES string of the molecule is OC1CCC(F)C2CCCNC12. The zero-order chi connectivity index (χ0) is 8.55. The molecule has 12 heavy (non-hydrogen) atoms. The number of rotatable bonds is 0. The fraction of sp³-hybridized carbons (Fsp3) is 1.00. The van der Waals surface area contributed by atoms with Crippen molar-refractivity contribution < 1.29 is 9.50 Å². The first-order chi connectivity index (χ1) is 5.79. The molecule has 3 heteroatoms. The highest BCUT2D eigenvalue weighted by Gasteiger charge is 2.39. The van der Waals surface area contributed by atoms with Crippen molar-refractivity contribution in [1.82, 2.24) is 5.32 Å². The summed E-state index contributed by atoms with van der Waals surface area (Å²) in [5.74, 6) is 0.0718. The van der Waals surface area contributed by atoms with Crippen molar-refractivity contribution in [3.05, 3.63) is 0 Å². The Kier molecular flexibility index (Phi) is 2.33. The lowest BCUT2D eigenvalue weighted by Crippen LogP contribution is -2.54. The van der Waals surface area contributed by atoms with Gasteiger partial charge in [0.2, 0.25) is 0 Å². The van der Waals surface area contributed by atoms with Crippen molar-refractivity contribution in [2.75, 3.05) is 6.54 Å². The molecule has 1 aliphatic heterocycles. The van der Waals surface area contributed by atoms with Crippen LogP contribution in [-0.2, 0) is 0 Å². The van der Waals surface area contributed by atoms with Crippen LogP contribution in [0.4, 0.5) is 4.39 Å². The molecule has 2 N–H and O–H groups in total. The van der Waals surface area contributed by atoms with Gasteiger partial charge >= 0.3 is 0 Å². The Labute approximate surface area is 72.2 Å². The average molecular weight is 173 g/mol. The van der Waals surface area contributed by atoms with Crippen molar-refractivity contribution in [3.8, 4) is 0 Å². The molecule has 0 radical (unpaired) electrons. The van der Waals surface area contributed by atoms with Crippen LogP contribution in [0.2, 0.25) is 0 Å². The standard InChI is InChI=1S/C9H16FNO/c10-7-3-4-8(12)9-6(7)2-1-5-11-9/h6-9,11-12H,1-5H2. The Bertz CT molecular complexity index is 147. The number of nitrogens with one attached hydrogen (secondary N) is 1. The van der Waals surface area contributed by atoms with Gasteiger partial charge in [-0.3, -0.25) is 0 Å². The van der Waals surface area contributed by atoms with Gasteiger partial charge in [0, 0.05) is 12.0 Å². The zero-order valence-electron chi connectivity index (χ0n) is 7.17. The van der Waals surface area contributed by atoms with Crippen LogP contribution in [0.15, 0.2) is 0 Å². The molecule has 0 aromatic carbocycles. The molecule has 2 rings (SSSR count). The Morgan fingerprint density at radius 2 is 2.08 bits per heavy atom. The van der Waals surface area contributed by atoms with Gasteiger partial charge < -0.3 is 10.4 Å². The number of aliphatic hydroxyl groups is 1. The molecule has 0 spiro atoms. The van der Waals surface area contributed by atoms with Crippen molar-refractivity contribution in [2.45, 2.75) is 44.0 Å². The highest BCUT2D eigenvalue weighted by atomic mass is 19.1. The Morgan fingerprint density at radius 3 is 2.83 bits per heavy atom. The third kappa shape index (κ3) is 1.36. The molecular weight excluding hydrogens is 157 g/mol.